The van der Waals surface area contributed by atoms with Crippen LogP contribution in [0.25, 0.3) is 0 Å². The zero-order valence-corrected chi connectivity index (χ0v) is 10.2. The molecule has 3 nitrogen and oxygen atoms in total. The number of aryl methyl sites for hydroxylation is 1. The summed E-state index contributed by atoms with van der Waals surface area (Å²) in [5.74, 6) is 0. The van der Waals surface area contributed by atoms with E-state index in [1.54, 1.807) is 0 Å². The minimum atomic E-state index is 0. The van der Waals surface area contributed by atoms with E-state index in [9.17, 15) is 0 Å². The van der Waals surface area contributed by atoms with Crippen LogP contribution in [-0.4, -0.2) is 16.3 Å². The molecular formula is C10H20ClN3. The molecule has 1 heterocycles. The molecule has 0 saturated heterocycles. The van der Waals surface area contributed by atoms with Gasteiger partial charge in [-0.15, -0.1) is 12.4 Å². The van der Waals surface area contributed by atoms with Crippen LogP contribution < -0.4 is 5.32 Å². The minimum Gasteiger partial charge on any atom is -0.382 e. The Morgan fingerprint density at radius 1 is 1.50 bits per heavy atom. The summed E-state index contributed by atoms with van der Waals surface area (Å²) in [6.45, 7) is 9.49. The summed E-state index contributed by atoms with van der Waals surface area (Å²) in [6.07, 6.45) is 3.22. The fourth-order valence-electron chi connectivity index (χ4n) is 1.18. The second-order valence-corrected chi connectivity index (χ2v) is 3.63. The number of nitrogens with one attached hydrogen (secondary N) is 1. The van der Waals surface area contributed by atoms with E-state index in [2.05, 4.69) is 37.4 Å². The van der Waals surface area contributed by atoms with Crippen molar-refractivity contribution >= 4 is 18.1 Å². The standard InChI is InChI=1S/C10H19N3.ClH/c1-5-6-11-10-7-13(8(2)3)12-9(10)4;/h7-8,11H,5-6H2,1-4H3;1H. The van der Waals surface area contributed by atoms with Crippen LogP contribution in [0, 0.1) is 6.92 Å². The molecule has 0 amide bonds. The van der Waals surface area contributed by atoms with E-state index in [0.717, 1.165) is 24.3 Å². The van der Waals surface area contributed by atoms with Gasteiger partial charge in [-0.2, -0.15) is 5.10 Å². The Morgan fingerprint density at radius 3 is 2.57 bits per heavy atom. The lowest BCUT2D eigenvalue weighted by atomic mass is 10.3. The van der Waals surface area contributed by atoms with Crippen molar-refractivity contribution in [2.75, 3.05) is 11.9 Å². The SMILES string of the molecule is CCCNc1cn(C(C)C)nc1C.Cl. The molecule has 0 aromatic carbocycles. The molecule has 0 atom stereocenters. The van der Waals surface area contributed by atoms with E-state index < -0.39 is 0 Å². The summed E-state index contributed by atoms with van der Waals surface area (Å²) < 4.78 is 1.99. The minimum absolute atomic E-state index is 0. The van der Waals surface area contributed by atoms with Gasteiger partial charge in [0, 0.05) is 18.8 Å². The van der Waals surface area contributed by atoms with E-state index in [0.29, 0.717) is 6.04 Å². The third kappa shape index (κ3) is 3.22. The normalized spacial score (nSPS) is 10.1. The van der Waals surface area contributed by atoms with Crippen LogP contribution in [-0.2, 0) is 0 Å². The maximum Gasteiger partial charge on any atom is 0.0825 e. The van der Waals surface area contributed by atoms with E-state index in [4.69, 9.17) is 0 Å². The van der Waals surface area contributed by atoms with Crippen molar-refractivity contribution in [2.24, 2.45) is 0 Å². The van der Waals surface area contributed by atoms with E-state index in [1.165, 1.54) is 0 Å². The van der Waals surface area contributed by atoms with Crippen molar-refractivity contribution in [3.63, 3.8) is 0 Å². The number of rotatable bonds is 4. The highest BCUT2D eigenvalue weighted by Crippen LogP contribution is 2.15. The first kappa shape index (κ1) is 13.3. The largest absolute Gasteiger partial charge is 0.382 e. The molecule has 82 valence electrons. The lowest BCUT2D eigenvalue weighted by molar-refractivity contribution is 0.529. The van der Waals surface area contributed by atoms with Crippen molar-refractivity contribution < 1.29 is 0 Å². The summed E-state index contributed by atoms with van der Waals surface area (Å²) in [6, 6.07) is 0.441. The summed E-state index contributed by atoms with van der Waals surface area (Å²) in [5, 5.41) is 7.77. The molecule has 1 aromatic rings. The van der Waals surface area contributed by atoms with Gasteiger partial charge < -0.3 is 5.32 Å². The molecule has 0 aliphatic carbocycles. The molecule has 1 N–H and O–H groups in total. The Kier molecular flexibility index (Phi) is 5.62. The highest BCUT2D eigenvalue weighted by Gasteiger charge is 2.05. The van der Waals surface area contributed by atoms with Gasteiger partial charge in [0.15, 0.2) is 0 Å². The lowest BCUT2D eigenvalue weighted by Crippen LogP contribution is -2.01. The van der Waals surface area contributed by atoms with Gasteiger partial charge in [-0.3, -0.25) is 4.68 Å². The van der Waals surface area contributed by atoms with Crippen LogP contribution in [0.3, 0.4) is 0 Å². The monoisotopic (exact) mass is 217 g/mol. The third-order valence-electron chi connectivity index (χ3n) is 2.01. The van der Waals surface area contributed by atoms with Crippen molar-refractivity contribution in [3.05, 3.63) is 11.9 Å². The van der Waals surface area contributed by atoms with Gasteiger partial charge in [0.1, 0.15) is 0 Å². The molecule has 1 aromatic heterocycles. The molecular weight excluding hydrogens is 198 g/mol. The molecule has 0 radical (unpaired) electrons. The molecule has 1 rings (SSSR count). The zero-order valence-electron chi connectivity index (χ0n) is 9.37. The molecule has 0 unspecified atom stereocenters. The van der Waals surface area contributed by atoms with Crippen LogP contribution in [0.2, 0.25) is 0 Å². The maximum absolute atomic E-state index is 4.42. The Bertz CT molecular complexity index is 268. The van der Waals surface area contributed by atoms with E-state index >= 15 is 0 Å². The van der Waals surface area contributed by atoms with Crippen LogP contribution in [0.1, 0.15) is 38.9 Å². The molecule has 4 heteroatoms. The molecule has 14 heavy (non-hydrogen) atoms. The van der Waals surface area contributed by atoms with Gasteiger partial charge in [-0.25, -0.2) is 0 Å². The predicted molar refractivity (Wildman–Crippen MR) is 63.4 cm³/mol. The lowest BCUT2D eigenvalue weighted by Gasteiger charge is -2.03. The summed E-state index contributed by atoms with van der Waals surface area (Å²) in [7, 11) is 0. The average Bonchev–Trinajstić information content (AvgIpc) is 2.44. The highest BCUT2D eigenvalue weighted by atomic mass is 35.5. The molecule has 0 spiro atoms. The van der Waals surface area contributed by atoms with Crippen LogP contribution >= 0.6 is 12.4 Å². The Labute approximate surface area is 92.3 Å². The van der Waals surface area contributed by atoms with E-state index in [1.807, 2.05) is 11.6 Å². The highest BCUT2D eigenvalue weighted by molar-refractivity contribution is 5.85. The predicted octanol–water partition coefficient (Wildman–Crippen LogP) is 3.02. The summed E-state index contributed by atoms with van der Waals surface area (Å²) in [4.78, 5) is 0. The topological polar surface area (TPSA) is 29.9 Å². The van der Waals surface area contributed by atoms with Crippen molar-refractivity contribution in [1.29, 1.82) is 0 Å². The fraction of sp³-hybridized carbons (Fsp3) is 0.700. The first-order valence-corrected chi connectivity index (χ1v) is 4.94. The Morgan fingerprint density at radius 2 is 2.14 bits per heavy atom. The van der Waals surface area contributed by atoms with Crippen molar-refractivity contribution in [1.82, 2.24) is 9.78 Å². The Hall–Kier alpha value is -0.700. The van der Waals surface area contributed by atoms with Gasteiger partial charge in [-0.1, -0.05) is 6.92 Å². The first-order chi connectivity index (χ1) is 6.15. The second kappa shape index (κ2) is 5.91. The van der Waals surface area contributed by atoms with Crippen molar-refractivity contribution in [3.8, 4) is 0 Å². The van der Waals surface area contributed by atoms with Gasteiger partial charge in [0.25, 0.3) is 0 Å². The molecule has 0 saturated carbocycles. The average molecular weight is 218 g/mol. The number of nitrogens with zero attached hydrogens (tertiary/aromatic N) is 2. The maximum atomic E-state index is 4.42. The van der Waals surface area contributed by atoms with Gasteiger partial charge >= 0.3 is 0 Å². The number of aromatic nitrogens is 2. The van der Waals surface area contributed by atoms with Gasteiger partial charge in [0.05, 0.1) is 11.4 Å². The molecule has 0 aliphatic rings. The number of hydrogen-bond donors (Lipinski definition) is 1. The van der Waals surface area contributed by atoms with Crippen LogP contribution in [0.5, 0.6) is 0 Å². The third-order valence-corrected chi connectivity index (χ3v) is 2.01. The van der Waals surface area contributed by atoms with Crippen LogP contribution in [0.15, 0.2) is 6.20 Å². The Balaban J connectivity index is 0.00000169. The second-order valence-electron chi connectivity index (χ2n) is 3.63. The van der Waals surface area contributed by atoms with E-state index in [-0.39, 0.29) is 12.4 Å². The van der Waals surface area contributed by atoms with Gasteiger partial charge in [-0.05, 0) is 27.2 Å². The smallest absolute Gasteiger partial charge is 0.0825 e. The number of halogens is 1. The molecule has 0 bridgehead atoms. The molecule has 0 aliphatic heterocycles. The fourth-order valence-corrected chi connectivity index (χ4v) is 1.18. The van der Waals surface area contributed by atoms with Crippen molar-refractivity contribution in [2.45, 2.75) is 40.2 Å². The van der Waals surface area contributed by atoms with Gasteiger partial charge in [0.2, 0.25) is 0 Å². The number of anilines is 1. The molecule has 0 fully saturated rings. The summed E-state index contributed by atoms with van der Waals surface area (Å²) in [5.41, 5.74) is 2.25. The first-order valence-electron chi connectivity index (χ1n) is 4.94. The number of hydrogen-bond acceptors (Lipinski definition) is 2. The van der Waals surface area contributed by atoms with Crippen LogP contribution in [0.4, 0.5) is 5.69 Å². The quantitative estimate of drug-likeness (QED) is 0.841. The summed E-state index contributed by atoms with van der Waals surface area (Å²) >= 11 is 0. The zero-order chi connectivity index (χ0) is 9.84.